The lowest BCUT2D eigenvalue weighted by Gasteiger charge is -2.24. The summed E-state index contributed by atoms with van der Waals surface area (Å²) >= 11 is 6.20. The molecule has 31 heavy (non-hydrogen) atoms. The van der Waals surface area contributed by atoms with E-state index in [9.17, 15) is 9.59 Å². The van der Waals surface area contributed by atoms with Gasteiger partial charge in [-0.3, -0.25) is 9.69 Å². The molecule has 0 radical (unpaired) electrons. The Kier molecular flexibility index (Phi) is 4.72. The third-order valence-electron chi connectivity index (χ3n) is 4.85. The number of fused-ring (bicyclic) bond motifs is 2. The molecule has 3 heterocycles. The smallest absolute Gasteiger partial charge is 0.405 e. The summed E-state index contributed by atoms with van der Waals surface area (Å²) < 4.78 is 10.8. The molecule has 0 saturated heterocycles. The minimum atomic E-state index is -1.04. The first-order valence-electron chi connectivity index (χ1n) is 9.39. The molecule has 0 aliphatic carbocycles. The van der Waals surface area contributed by atoms with Crippen LogP contribution in [0.15, 0.2) is 79.0 Å². The van der Waals surface area contributed by atoms with Gasteiger partial charge >= 0.3 is 6.16 Å². The molecule has 2 aromatic heterocycles. The maximum absolute atomic E-state index is 13.2. The molecule has 7 nitrogen and oxygen atoms in total. The summed E-state index contributed by atoms with van der Waals surface area (Å²) in [5.41, 5.74) is 1.33. The predicted octanol–water partition coefficient (Wildman–Crippen LogP) is 5.16. The fourth-order valence-corrected chi connectivity index (χ4v) is 3.65. The van der Waals surface area contributed by atoms with Crippen molar-refractivity contribution in [3.05, 3.63) is 95.1 Å². The molecule has 0 N–H and O–H groups in total. The molecule has 152 valence electrons. The quantitative estimate of drug-likeness (QED) is 0.329. The standard InChI is InChI=1S/C23H14ClN3O4/c24-18-12-13-25-20-17(18)10-11-19(26-20)27-21(28)15-8-4-5-9-16(15)22(27)31-23(29)30-14-6-2-1-3-7-14/h1-13,22H. The summed E-state index contributed by atoms with van der Waals surface area (Å²) in [6.07, 6.45) is -0.440. The van der Waals surface area contributed by atoms with E-state index in [0.717, 1.165) is 0 Å². The lowest BCUT2D eigenvalue weighted by molar-refractivity contribution is 0.0569. The summed E-state index contributed by atoms with van der Waals surface area (Å²) in [5.74, 6) is 0.266. The summed E-state index contributed by atoms with van der Waals surface area (Å²) in [6.45, 7) is 0. The molecule has 1 aliphatic heterocycles. The Hall–Kier alpha value is -3.97. The van der Waals surface area contributed by atoms with Crippen LogP contribution in [0.5, 0.6) is 5.75 Å². The zero-order valence-corrected chi connectivity index (χ0v) is 16.7. The van der Waals surface area contributed by atoms with E-state index in [1.54, 1.807) is 72.8 Å². The first kappa shape index (κ1) is 19.0. The summed E-state index contributed by atoms with van der Waals surface area (Å²) in [4.78, 5) is 35.6. The number of hydrogen-bond donors (Lipinski definition) is 0. The summed E-state index contributed by atoms with van der Waals surface area (Å²) in [5, 5.41) is 1.15. The second-order valence-electron chi connectivity index (χ2n) is 6.73. The van der Waals surface area contributed by atoms with Crippen molar-refractivity contribution in [2.45, 2.75) is 6.23 Å². The van der Waals surface area contributed by atoms with E-state index in [1.165, 1.54) is 11.1 Å². The molecule has 4 aromatic rings. The molecule has 1 amide bonds. The molecule has 1 atom stereocenters. The number of pyridine rings is 2. The van der Waals surface area contributed by atoms with Crippen LogP contribution >= 0.6 is 11.6 Å². The van der Waals surface area contributed by atoms with Gasteiger partial charge in [0.25, 0.3) is 5.91 Å². The number of anilines is 1. The molecule has 8 heteroatoms. The zero-order chi connectivity index (χ0) is 21.4. The topological polar surface area (TPSA) is 81.6 Å². The maximum atomic E-state index is 13.2. The number of carbonyl (C=O) groups is 2. The van der Waals surface area contributed by atoms with E-state index in [0.29, 0.717) is 32.9 Å². The molecular weight excluding hydrogens is 418 g/mol. The Bertz CT molecular complexity index is 1310. The molecule has 0 saturated carbocycles. The van der Waals surface area contributed by atoms with Crippen LogP contribution in [-0.2, 0) is 4.74 Å². The van der Waals surface area contributed by atoms with Crippen LogP contribution in [0, 0.1) is 0 Å². The number of hydrogen-bond acceptors (Lipinski definition) is 6. The van der Waals surface area contributed by atoms with Gasteiger partial charge in [0, 0.05) is 22.7 Å². The third-order valence-corrected chi connectivity index (χ3v) is 5.17. The Labute approximate surface area is 181 Å². The van der Waals surface area contributed by atoms with Gasteiger partial charge in [-0.25, -0.2) is 14.8 Å². The largest absolute Gasteiger partial charge is 0.516 e. The third kappa shape index (κ3) is 3.45. The van der Waals surface area contributed by atoms with Crippen molar-refractivity contribution in [1.82, 2.24) is 9.97 Å². The summed E-state index contributed by atoms with van der Waals surface area (Å²) in [7, 11) is 0. The Morgan fingerprint density at radius 3 is 2.58 bits per heavy atom. The SMILES string of the molecule is O=C(Oc1ccccc1)OC1c2ccccc2C(=O)N1c1ccc2c(Cl)ccnc2n1. The van der Waals surface area contributed by atoms with Crippen LogP contribution in [0.4, 0.5) is 10.6 Å². The fraction of sp³-hybridized carbons (Fsp3) is 0.0435. The molecule has 5 rings (SSSR count). The van der Waals surface area contributed by atoms with Gasteiger partial charge in [-0.1, -0.05) is 48.0 Å². The maximum Gasteiger partial charge on any atom is 0.516 e. The highest BCUT2D eigenvalue weighted by Gasteiger charge is 2.41. The minimum Gasteiger partial charge on any atom is -0.405 e. The lowest BCUT2D eigenvalue weighted by Crippen LogP contribution is -2.32. The normalized spacial score (nSPS) is 15.1. The highest BCUT2D eigenvalue weighted by atomic mass is 35.5. The van der Waals surface area contributed by atoms with Gasteiger partial charge in [0.1, 0.15) is 11.6 Å². The number of halogens is 1. The van der Waals surface area contributed by atoms with E-state index in [4.69, 9.17) is 21.1 Å². The Balaban J connectivity index is 1.52. The van der Waals surface area contributed by atoms with E-state index >= 15 is 0 Å². The van der Waals surface area contributed by atoms with Crippen molar-refractivity contribution in [3.8, 4) is 5.75 Å². The minimum absolute atomic E-state index is 0.279. The Morgan fingerprint density at radius 2 is 1.74 bits per heavy atom. The number of nitrogens with zero attached hydrogens (tertiary/aromatic N) is 3. The number of para-hydroxylation sites is 1. The van der Waals surface area contributed by atoms with Crippen LogP contribution in [0.1, 0.15) is 22.1 Å². The first-order chi connectivity index (χ1) is 15.1. The van der Waals surface area contributed by atoms with Crippen LogP contribution in [0.3, 0.4) is 0 Å². The average Bonchev–Trinajstić information content (AvgIpc) is 3.06. The molecule has 1 unspecified atom stereocenters. The first-order valence-corrected chi connectivity index (χ1v) is 9.77. The fourth-order valence-electron chi connectivity index (χ4n) is 3.44. The molecule has 1 aliphatic rings. The number of ether oxygens (including phenoxy) is 2. The number of aromatic nitrogens is 2. The lowest BCUT2D eigenvalue weighted by atomic mass is 10.1. The number of rotatable bonds is 3. The van der Waals surface area contributed by atoms with E-state index in [2.05, 4.69) is 9.97 Å². The second-order valence-corrected chi connectivity index (χ2v) is 7.14. The average molecular weight is 432 g/mol. The predicted molar refractivity (Wildman–Crippen MR) is 114 cm³/mol. The van der Waals surface area contributed by atoms with Crippen molar-refractivity contribution in [2.75, 3.05) is 4.90 Å². The number of amides is 1. The van der Waals surface area contributed by atoms with Gasteiger partial charge in [-0.05, 0) is 36.4 Å². The second kappa shape index (κ2) is 7.70. The van der Waals surface area contributed by atoms with Crippen molar-refractivity contribution < 1.29 is 19.1 Å². The van der Waals surface area contributed by atoms with Gasteiger partial charge in [0.15, 0.2) is 5.65 Å². The van der Waals surface area contributed by atoms with Crippen LogP contribution in [0.25, 0.3) is 11.0 Å². The van der Waals surface area contributed by atoms with Gasteiger partial charge in [-0.2, -0.15) is 0 Å². The number of carbonyl (C=O) groups excluding carboxylic acids is 2. The Morgan fingerprint density at radius 1 is 0.968 bits per heavy atom. The molecule has 0 spiro atoms. The molecule has 0 fully saturated rings. The van der Waals surface area contributed by atoms with Crippen molar-refractivity contribution >= 4 is 40.5 Å². The van der Waals surface area contributed by atoms with Crippen LogP contribution in [-0.4, -0.2) is 22.0 Å². The van der Waals surface area contributed by atoms with Crippen molar-refractivity contribution in [2.24, 2.45) is 0 Å². The summed E-state index contributed by atoms with van der Waals surface area (Å²) in [6, 6.07) is 20.5. The van der Waals surface area contributed by atoms with Gasteiger partial charge in [-0.15, -0.1) is 0 Å². The molecular formula is C23H14ClN3O4. The van der Waals surface area contributed by atoms with E-state index < -0.39 is 12.4 Å². The van der Waals surface area contributed by atoms with E-state index in [-0.39, 0.29) is 11.7 Å². The molecule has 0 bridgehead atoms. The van der Waals surface area contributed by atoms with E-state index in [1.807, 2.05) is 0 Å². The van der Waals surface area contributed by atoms with Crippen molar-refractivity contribution in [1.29, 1.82) is 0 Å². The van der Waals surface area contributed by atoms with Crippen molar-refractivity contribution in [3.63, 3.8) is 0 Å². The highest BCUT2D eigenvalue weighted by molar-refractivity contribution is 6.35. The van der Waals surface area contributed by atoms with Crippen LogP contribution in [0.2, 0.25) is 5.02 Å². The van der Waals surface area contributed by atoms with Gasteiger partial charge in [0.05, 0.1) is 5.02 Å². The van der Waals surface area contributed by atoms with Gasteiger partial charge < -0.3 is 9.47 Å². The molecule has 2 aromatic carbocycles. The zero-order valence-electron chi connectivity index (χ0n) is 15.9. The monoisotopic (exact) mass is 431 g/mol. The highest BCUT2D eigenvalue weighted by Crippen LogP contribution is 2.38. The number of benzene rings is 2. The van der Waals surface area contributed by atoms with Gasteiger partial charge in [0.2, 0.25) is 6.23 Å². The van der Waals surface area contributed by atoms with Crippen LogP contribution < -0.4 is 9.64 Å².